The predicted octanol–water partition coefficient (Wildman–Crippen LogP) is 4.22. The molecule has 2 rings (SSSR count). The van der Waals surface area contributed by atoms with Gasteiger partial charge in [0.15, 0.2) is 0 Å². The highest BCUT2D eigenvalue weighted by molar-refractivity contribution is 6.31. The van der Waals surface area contributed by atoms with E-state index in [-0.39, 0.29) is 0 Å². The van der Waals surface area contributed by atoms with Crippen LogP contribution in [0.4, 0.5) is 0 Å². The van der Waals surface area contributed by atoms with E-state index in [1.54, 1.807) is 6.07 Å². The Bertz CT molecular complexity index is 458. The van der Waals surface area contributed by atoms with Crippen molar-refractivity contribution in [1.29, 1.82) is 5.26 Å². The van der Waals surface area contributed by atoms with Crippen molar-refractivity contribution >= 4 is 11.6 Å². The highest BCUT2D eigenvalue weighted by atomic mass is 35.5. The Labute approximate surface area is 121 Å². The molecule has 0 radical (unpaired) electrons. The fourth-order valence-electron chi connectivity index (χ4n) is 2.91. The van der Waals surface area contributed by atoms with Crippen LogP contribution in [-0.4, -0.2) is 18.5 Å². The summed E-state index contributed by atoms with van der Waals surface area (Å²) in [4.78, 5) is 2.35. The third-order valence-electron chi connectivity index (χ3n) is 3.92. The number of hydrogen-bond donors (Lipinski definition) is 0. The maximum atomic E-state index is 8.83. The van der Waals surface area contributed by atoms with Crippen LogP contribution in [0.25, 0.3) is 0 Å². The van der Waals surface area contributed by atoms with E-state index in [4.69, 9.17) is 16.9 Å². The molecular formula is C16H21ClN2. The van der Waals surface area contributed by atoms with Gasteiger partial charge >= 0.3 is 0 Å². The zero-order chi connectivity index (χ0) is 13.7. The third kappa shape index (κ3) is 4.23. The van der Waals surface area contributed by atoms with Crippen LogP contribution in [-0.2, 0) is 6.54 Å². The van der Waals surface area contributed by atoms with Crippen LogP contribution >= 0.6 is 11.6 Å². The van der Waals surface area contributed by atoms with Gasteiger partial charge in [-0.05, 0) is 43.5 Å². The van der Waals surface area contributed by atoms with Gasteiger partial charge in [-0.25, -0.2) is 0 Å². The first-order chi connectivity index (χ1) is 9.19. The number of hydrogen-bond acceptors (Lipinski definition) is 2. The molecule has 1 saturated carbocycles. The van der Waals surface area contributed by atoms with Crippen LogP contribution in [0.5, 0.6) is 0 Å². The molecule has 0 spiro atoms. The quantitative estimate of drug-likeness (QED) is 0.823. The average Bonchev–Trinajstić information content (AvgIpc) is 2.42. The molecule has 0 unspecified atom stereocenters. The molecule has 102 valence electrons. The molecule has 0 aromatic heterocycles. The summed E-state index contributed by atoms with van der Waals surface area (Å²) in [6.07, 6.45) is 6.91. The van der Waals surface area contributed by atoms with Gasteiger partial charge in [0.25, 0.3) is 0 Å². The standard InChI is InChI=1S/C16H21ClN2/c1-19(11-13-5-3-2-4-6-13)12-15-8-7-14(10-18)9-16(15)17/h7-9,13H,2-6,11-12H2,1H3. The molecule has 0 N–H and O–H groups in total. The lowest BCUT2D eigenvalue weighted by molar-refractivity contribution is 0.228. The van der Waals surface area contributed by atoms with Gasteiger partial charge in [-0.1, -0.05) is 36.9 Å². The predicted molar refractivity (Wildman–Crippen MR) is 79.1 cm³/mol. The lowest BCUT2D eigenvalue weighted by Crippen LogP contribution is -2.26. The molecule has 0 bridgehead atoms. The maximum absolute atomic E-state index is 8.83. The first-order valence-corrected chi connectivity index (χ1v) is 7.44. The molecule has 0 heterocycles. The van der Waals surface area contributed by atoms with Crippen LogP contribution in [0.15, 0.2) is 18.2 Å². The first kappa shape index (κ1) is 14.4. The molecular weight excluding hydrogens is 256 g/mol. The van der Waals surface area contributed by atoms with Gasteiger partial charge in [-0.3, -0.25) is 0 Å². The van der Waals surface area contributed by atoms with Crippen molar-refractivity contribution in [2.24, 2.45) is 5.92 Å². The van der Waals surface area contributed by atoms with Crippen molar-refractivity contribution in [3.05, 3.63) is 34.3 Å². The van der Waals surface area contributed by atoms with E-state index in [2.05, 4.69) is 18.0 Å². The van der Waals surface area contributed by atoms with E-state index >= 15 is 0 Å². The monoisotopic (exact) mass is 276 g/mol. The van der Waals surface area contributed by atoms with Crippen LogP contribution < -0.4 is 0 Å². The van der Waals surface area contributed by atoms with E-state index in [1.165, 1.54) is 32.1 Å². The number of nitrogens with zero attached hydrogens (tertiary/aromatic N) is 2. The number of rotatable bonds is 4. The first-order valence-electron chi connectivity index (χ1n) is 7.06. The van der Waals surface area contributed by atoms with Crippen LogP contribution in [0, 0.1) is 17.2 Å². The highest BCUT2D eigenvalue weighted by Crippen LogP contribution is 2.25. The Morgan fingerprint density at radius 2 is 2.05 bits per heavy atom. The molecule has 1 fully saturated rings. The van der Waals surface area contributed by atoms with Gasteiger partial charge in [-0.15, -0.1) is 0 Å². The molecule has 0 saturated heterocycles. The lowest BCUT2D eigenvalue weighted by Gasteiger charge is -2.27. The van der Waals surface area contributed by atoms with Gasteiger partial charge in [0.2, 0.25) is 0 Å². The Morgan fingerprint density at radius 3 is 2.68 bits per heavy atom. The summed E-state index contributed by atoms with van der Waals surface area (Å²) in [5, 5.41) is 9.54. The third-order valence-corrected chi connectivity index (χ3v) is 4.27. The summed E-state index contributed by atoms with van der Waals surface area (Å²) in [7, 11) is 2.16. The zero-order valence-corrected chi connectivity index (χ0v) is 12.3. The molecule has 3 heteroatoms. The topological polar surface area (TPSA) is 27.0 Å². The molecule has 1 aromatic rings. The summed E-state index contributed by atoms with van der Waals surface area (Å²) in [6, 6.07) is 7.68. The van der Waals surface area contributed by atoms with Crippen LogP contribution in [0.3, 0.4) is 0 Å². The minimum Gasteiger partial charge on any atom is -0.302 e. The second-order valence-electron chi connectivity index (χ2n) is 5.62. The van der Waals surface area contributed by atoms with Crippen molar-refractivity contribution in [3.63, 3.8) is 0 Å². The zero-order valence-electron chi connectivity index (χ0n) is 11.5. The van der Waals surface area contributed by atoms with Crippen molar-refractivity contribution in [3.8, 4) is 6.07 Å². The Morgan fingerprint density at radius 1 is 1.32 bits per heavy atom. The molecule has 1 aliphatic carbocycles. The molecule has 2 nitrogen and oxygen atoms in total. The molecule has 0 aliphatic heterocycles. The molecule has 0 atom stereocenters. The van der Waals surface area contributed by atoms with Gasteiger partial charge in [0, 0.05) is 18.1 Å². The van der Waals surface area contributed by atoms with Crippen molar-refractivity contribution in [2.45, 2.75) is 38.6 Å². The van der Waals surface area contributed by atoms with Gasteiger partial charge in [0.1, 0.15) is 0 Å². The minimum absolute atomic E-state index is 0.628. The van der Waals surface area contributed by atoms with E-state index in [0.29, 0.717) is 10.6 Å². The second-order valence-corrected chi connectivity index (χ2v) is 6.03. The van der Waals surface area contributed by atoms with Crippen molar-refractivity contribution in [1.82, 2.24) is 4.90 Å². The average molecular weight is 277 g/mol. The second kappa shape index (κ2) is 6.93. The smallest absolute Gasteiger partial charge is 0.0992 e. The number of benzene rings is 1. The Hall–Kier alpha value is -1.04. The van der Waals surface area contributed by atoms with Crippen molar-refractivity contribution in [2.75, 3.05) is 13.6 Å². The maximum Gasteiger partial charge on any atom is 0.0992 e. The minimum atomic E-state index is 0.628. The largest absolute Gasteiger partial charge is 0.302 e. The van der Waals surface area contributed by atoms with E-state index in [0.717, 1.165) is 24.6 Å². The summed E-state index contributed by atoms with van der Waals surface area (Å²) >= 11 is 6.22. The van der Waals surface area contributed by atoms with Gasteiger partial charge in [0.05, 0.1) is 11.6 Å². The molecule has 1 aromatic carbocycles. The summed E-state index contributed by atoms with van der Waals surface area (Å²) in [5.41, 5.74) is 1.74. The van der Waals surface area contributed by atoms with Gasteiger partial charge in [-0.2, -0.15) is 5.26 Å². The van der Waals surface area contributed by atoms with E-state index in [1.807, 2.05) is 12.1 Å². The molecule has 19 heavy (non-hydrogen) atoms. The molecule has 1 aliphatic rings. The van der Waals surface area contributed by atoms with Crippen LogP contribution in [0.1, 0.15) is 43.2 Å². The van der Waals surface area contributed by atoms with E-state index in [9.17, 15) is 0 Å². The highest BCUT2D eigenvalue weighted by Gasteiger charge is 2.16. The Balaban J connectivity index is 1.91. The SMILES string of the molecule is CN(Cc1ccc(C#N)cc1Cl)CC1CCCCC1. The normalized spacial score (nSPS) is 16.5. The number of halogens is 1. The fraction of sp³-hybridized carbons (Fsp3) is 0.562. The van der Waals surface area contributed by atoms with E-state index < -0.39 is 0 Å². The lowest BCUT2D eigenvalue weighted by atomic mass is 9.89. The summed E-state index contributed by atoms with van der Waals surface area (Å²) < 4.78 is 0. The summed E-state index contributed by atoms with van der Waals surface area (Å²) in [6.45, 7) is 2.01. The van der Waals surface area contributed by atoms with Crippen molar-refractivity contribution < 1.29 is 0 Å². The molecule has 0 amide bonds. The van der Waals surface area contributed by atoms with Crippen LogP contribution in [0.2, 0.25) is 5.02 Å². The number of nitriles is 1. The fourth-order valence-corrected chi connectivity index (χ4v) is 3.15. The Kier molecular flexibility index (Phi) is 5.24. The summed E-state index contributed by atoms with van der Waals surface area (Å²) in [5.74, 6) is 0.843. The van der Waals surface area contributed by atoms with Gasteiger partial charge < -0.3 is 4.90 Å².